The minimum atomic E-state index is 0.896. The van der Waals surface area contributed by atoms with E-state index in [0.717, 1.165) is 5.33 Å². The summed E-state index contributed by atoms with van der Waals surface area (Å²) in [7, 11) is 0. The van der Waals surface area contributed by atoms with Gasteiger partial charge in [-0.3, -0.25) is 0 Å². The van der Waals surface area contributed by atoms with E-state index in [9.17, 15) is 0 Å². The highest BCUT2D eigenvalue weighted by atomic mass is 79.9. The van der Waals surface area contributed by atoms with Gasteiger partial charge in [0.1, 0.15) is 0 Å². The van der Waals surface area contributed by atoms with Gasteiger partial charge < -0.3 is 0 Å². The van der Waals surface area contributed by atoms with Crippen LogP contribution in [0.2, 0.25) is 0 Å². The number of halogens is 1. The van der Waals surface area contributed by atoms with Crippen LogP contribution in [0.15, 0.2) is 12.7 Å². The molecule has 0 radical (unpaired) electrons. The molecule has 0 heterocycles. The van der Waals surface area contributed by atoms with Gasteiger partial charge in [0, 0.05) is 12.3 Å². The fraction of sp³-hybridized carbons (Fsp3) is 0.400. The molecule has 40 valence electrons. The van der Waals surface area contributed by atoms with E-state index in [4.69, 9.17) is 5.26 Å². The van der Waals surface area contributed by atoms with Gasteiger partial charge in [0.2, 0.25) is 0 Å². The number of hydrogen-bond donors (Lipinski definition) is 0. The zero-order valence-corrected chi connectivity index (χ0v) is 5.90. The molecule has 7 heavy (non-hydrogen) atoms. The Balaban J connectivity index is 0. The summed E-state index contributed by atoms with van der Waals surface area (Å²) < 4.78 is 0. The molecule has 0 N–H and O–H groups in total. The molecule has 0 saturated carbocycles. The van der Waals surface area contributed by atoms with Crippen molar-refractivity contribution in [2.24, 2.45) is 0 Å². The number of rotatable bonds is 1. The molecule has 0 amide bonds. The average Bonchev–Trinajstić information content (AvgIpc) is 1.69. The summed E-state index contributed by atoms with van der Waals surface area (Å²) in [5, 5.41) is 8.22. The minimum Gasteiger partial charge on any atom is -0.199 e. The molecule has 0 aliphatic rings. The van der Waals surface area contributed by atoms with Crippen LogP contribution in [0.25, 0.3) is 0 Å². The van der Waals surface area contributed by atoms with Gasteiger partial charge in [-0.25, -0.2) is 0 Å². The molecule has 0 aromatic carbocycles. The molecule has 0 aromatic heterocycles. The van der Waals surface area contributed by atoms with Gasteiger partial charge in [0.15, 0.2) is 0 Å². The van der Waals surface area contributed by atoms with Gasteiger partial charge in [-0.15, -0.1) is 6.58 Å². The van der Waals surface area contributed by atoms with E-state index >= 15 is 0 Å². The monoisotopic (exact) mass is 161 g/mol. The van der Waals surface area contributed by atoms with Crippen LogP contribution in [0.3, 0.4) is 0 Å². The summed E-state index contributed by atoms with van der Waals surface area (Å²) in [5.41, 5.74) is 0. The van der Waals surface area contributed by atoms with Crippen LogP contribution >= 0.6 is 15.9 Å². The summed E-state index contributed by atoms with van der Waals surface area (Å²) in [4.78, 5) is 0. The normalized spacial score (nSPS) is 4.71. The lowest BCUT2D eigenvalue weighted by Gasteiger charge is -1.55. The number of nitriles is 1. The summed E-state index contributed by atoms with van der Waals surface area (Å²) in [6, 6.07) is 1.75. The van der Waals surface area contributed by atoms with Crippen LogP contribution in [-0.4, -0.2) is 5.33 Å². The molecule has 0 aliphatic carbocycles. The Labute approximate surface area is 52.8 Å². The topological polar surface area (TPSA) is 23.8 Å². The molecule has 0 aliphatic heterocycles. The van der Waals surface area contributed by atoms with E-state index < -0.39 is 0 Å². The van der Waals surface area contributed by atoms with Crippen LogP contribution in [0.1, 0.15) is 6.92 Å². The predicted molar refractivity (Wildman–Crippen MR) is 35.3 cm³/mol. The Morgan fingerprint density at radius 3 is 2.14 bits per heavy atom. The maximum Gasteiger partial charge on any atom is 0.0587 e. The van der Waals surface area contributed by atoms with Crippen LogP contribution in [-0.2, 0) is 0 Å². The molecule has 0 unspecified atom stereocenters. The second-order valence-electron chi connectivity index (χ2n) is 0.667. The molecule has 1 nitrogen and oxygen atoms in total. The van der Waals surface area contributed by atoms with Crippen molar-refractivity contribution in [1.29, 1.82) is 5.26 Å². The number of alkyl halides is 1. The van der Waals surface area contributed by atoms with Gasteiger partial charge in [0.05, 0.1) is 6.07 Å². The first-order chi connectivity index (χ1) is 3.33. The predicted octanol–water partition coefficient (Wildman–Crippen LogP) is 2.10. The zero-order valence-electron chi connectivity index (χ0n) is 4.32. The Morgan fingerprint density at radius 1 is 2.00 bits per heavy atom. The maximum absolute atomic E-state index is 7.32. The zero-order chi connectivity index (χ0) is 6.12. The van der Waals surface area contributed by atoms with Gasteiger partial charge in [0.25, 0.3) is 0 Å². The molecule has 0 atom stereocenters. The molecule has 0 fully saturated rings. The number of hydrogen-bond acceptors (Lipinski definition) is 1. The fourth-order valence-electron chi connectivity index (χ4n) is 0. The number of nitrogens with zero attached hydrogens (tertiary/aromatic N) is 1. The Morgan fingerprint density at radius 2 is 2.14 bits per heavy atom. The van der Waals surface area contributed by atoms with E-state index in [1.165, 1.54) is 6.92 Å². The van der Waals surface area contributed by atoms with Crippen LogP contribution in [0.4, 0.5) is 0 Å². The average molecular weight is 162 g/mol. The van der Waals surface area contributed by atoms with Crippen molar-refractivity contribution < 1.29 is 0 Å². The summed E-state index contributed by atoms with van der Waals surface area (Å²) in [6.07, 6.45) is 1.79. The summed E-state index contributed by atoms with van der Waals surface area (Å²) >= 11 is 3.13. The largest absolute Gasteiger partial charge is 0.199 e. The molecule has 0 aromatic rings. The fourth-order valence-corrected chi connectivity index (χ4v) is 0. The summed E-state index contributed by atoms with van der Waals surface area (Å²) in [6.45, 7) is 4.86. The van der Waals surface area contributed by atoms with Gasteiger partial charge in [-0.05, 0) is 0 Å². The molecule has 0 spiro atoms. The van der Waals surface area contributed by atoms with E-state index in [1.807, 2.05) is 0 Å². The second kappa shape index (κ2) is 17.2. The second-order valence-corrected chi connectivity index (χ2v) is 1.31. The quantitative estimate of drug-likeness (QED) is 0.427. The van der Waals surface area contributed by atoms with Gasteiger partial charge in [-0.1, -0.05) is 22.0 Å². The third kappa shape index (κ3) is 156. The third-order valence-electron chi connectivity index (χ3n) is 0.109. The maximum atomic E-state index is 7.32. The van der Waals surface area contributed by atoms with Gasteiger partial charge >= 0.3 is 0 Å². The molecular weight excluding hydrogens is 154 g/mol. The highest BCUT2D eigenvalue weighted by Gasteiger charge is 1.47. The van der Waals surface area contributed by atoms with E-state index in [2.05, 4.69) is 22.5 Å². The first-order valence-electron chi connectivity index (χ1n) is 1.81. The van der Waals surface area contributed by atoms with E-state index in [-0.39, 0.29) is 0 Å². The Hall–Kier alpha value is -0.290. The van der Waals surface area contributed by atoms with Crippen molar-refractivity contribution in [3.05, 3.63) is 12.7 Å². The molecule has 2 heteroatoms. The van der Waals surface area contributed by atoms with Crippen molar-refractivity contribution >= 4 is 15.9 Å². The highest BCUT2D eigenvalue weighted by molar-refractivity contribution is 9.09. The lowest BCUT2D eigenvalue weighted by atomic mass is 10.8. The molecular formula is C5H8BrN. The van der Waals surface area contributed by atoms with E-state index in [1.54, 1.807) is 12.1 Å². The number of allylic oxidation sites excluding steroid dienone is 1. The molecule has 0 saturated heterocycles. The molecule has 0 rings (SSSR count). The van der Waals surface area contributed by atoms with Crippen LogP contribution < -0.4 is 0 Å². The highest BCUT2D eigenvalue weighted by Crippen LogP contribution is 1.73. The Kier molecular flexibility index (Phi) is 24.3. The van der Waals surface area contributed by atoms with Crippen molar-refractivity contribution in [3.63, 3.8) is 0 Å². The third-order valence-corrected chi connectivity index (χ3v) is 0.567. The van der Waals surface area contributed by atoms with Crippen molar-refractivity contribution in [3.8, 4) is 6.07 Å². The standard InChI is InChI=1S/C3H5Br.C2H3N/c1-2-3-4;1-2-3/h2H,1,3H2;1H3. The van der Waals surface area contributed by atoms with Gasteiger partial charge in [-0.2, -0.15) is 5.26 Å². The lowest BCUT2D eigenvalue weighted by molar-refractivity contribution is 1.49. The van der Waals surface area contributed by atoms with Crippen LogP contribution in [0.5, 0.6) is 0 Å². The van der Waals surface area contributed by atoms with Crippen LogP contribution in [0, 0.1) is 11.3 Å². The lowest BCUT2D eigenvalue weighted by Crippen LogP contribution is -1.43. The van der Waals surface area contributed by atoms with Crippen molar-refractivity contribution in [1.82, 2.24) is 0 Å². The first-order valence-corrected chi connectivity index (χ1v) is 2.93. The SMILES string of the molecule is C=CCBr.CC#N. The molecule has 0 bridgehead atoms. The van der Waals surface area contributed by atoms with Crippen molar-refractivity contribution in [2.45, 2.75) is 6.92 Å². The van der Waals surface area contributed by atoms with E-state index in [0.29, 0.717) is 0 Å². The summed E-state index contributed by atoms with van der Waals surface area (Å²) in [5.74, 6) is 0. The van der Waals surface area contributed by atoms with Crippen molar-refractivity contribution in [2.75, 3.05) is 5.33 Å². The smallest absolute Gasteiger partial charge is 0.0587 e. The Bertz CT molecular complexity index is 63.0. The first kappa shape index (κ1) is 9.86. The minimum absolute atomic E-state index is 0.896.